The summed E-state index contributed by atoms with van der Waals surface area (Å²) in [7, 11) is 0. The molecule has 0 saturated carbocycles. The van der Waals surface area contributed by atoms with Gasteiger partial charge in [0.1, 0.15) is 10.2 Å². The van der Waals surface area contributed by atoms with Crippen molar-refractivity contribution in [1.82, 2.24) is 8.97 Å². The highest BCUT2D eigenvalue weighted by Crippen LogP contribution is 2.22. The maximum atomic E-state index is 5.65. The molecule has 18 heavy (non-hydrogen) atoms. The Labute approximate surface area is 114 Å². The molecule has 0 N–H and O–H groups in total. The van der Waals surface area contributed by atoms with Gasteiger partial charge in [0.15, 0.2) is 5.58 Å². The average Bonchev–Trinajstić information content (AvgIpc) is 2.72. The molecule has 0 aliphatic carbocycles. The molecular formula is C13H10N2OS2. The van der Waals surface area contributed by atoms with Crippen molar-refractivity contribution in [2.45, 2.75) is 6.54 Å². The van der Waals surface area contributed by atoms with Gasteiger partial charge in [-0.1, -0.05) is 24.4 Å². The van der Waals surface area contributed by atoms with Crippen molar-refractivity contribution in [3.8, 4) is 0 Å². The van der Waals surface area contributed by atoms with Gasteiger partial charge < -0.3 is 8.82 Å². The van der Waals surface area contributed by atoms with Crippen LogP contribution in [0.15, 0.2) is 47.5 Å². The minimum Gasteiger partial charge on any atom is -0.429 e. The van der Waals surface area contributed by atoms with Crippen LogP contribution in [0.3, 0.4) is 0 Å². The zero-order valence-corrected chi connectivity index (χ0v) is 11.1. The molecule has 0 unspecified atom stereocenters. The average molecular weight is 274 g/mol. The molecule has 3 aromatic heterocycles. The Kier molecular flexibility index (Phi) is 2.65. The van der Waals surface area contributed by atoms with Crippen molar-refractivity contribution in [1.29, 1.82) is 0 Å². The quantitative estimate of drug-likeness (QED) is 0.518. The molecule has 0 fully saturated rings. The lowest BCUT2D eigenvalue weighted by Crippen LogP contribution is -2.00. The highest BCUT2D eigenvalue weighted by Gasteiger charge is 2.09. The van der Waals surface area contributed by atoms with Crippen LogP contribution in [0.4, 0.5) is 0 Å². The lowest BCUT2D eigenvalue weighted by molar-refractivity contribution is 0.508. The number of allylic oxidation sites excluding steroid dienone is 1. The van der Waals surface area contributed by atoms with Crippen LogP contribution in [0.1, 0.15) is 0 Å². The largest absolute Gasteiger partial charge is 0.429 e. The molecule has 0 radical (unpaired) electrons. The summed E-state index contributed by atoms with van der Waals surface area (Å²) in [5.74, 6) is 0. The third-order valence-electron chi connectivity index (χ3n) is 2.82. The SMILES string of the molecule is C=CCn1c(=S)oc2cc3ccccn3c2c1=S. The molecule has 0 saturated heterocycles. The Bertz CT molecular complexity index is 870. The van der Waals surface area contributed by atoms with E-state index in [1.807, 2.05) is 34.9 Å². The third kappa shape index (κ3) is 1.55. The summed E-state index contributed by atoms with van der Waals surface area (Å²) in [4.78, 5) is 0.378. The van der Waals surface area contributed by atoms with Crippen molar-refractivity contribution >= 4 is 41.1 Å². The van der Waals surface area contributed by atoms with Gasteiger partial charge in [0.05, 0.1) is 0 Å². The smallest absolute Gasteiger partial charge is 0.270 e. The van der Waals surface area contributed by atoms with Crippen molar-refractivity contribution in [3.05, 3.63) is 52.6 Å². The Balaban J connectivity index is 2.56. The van der Waals surface area contributed by atoms with Crippen LogP contribution in [-0.2, 0) is 6.54 Å². The van der Waals surface area contributed by atoms with Crippen LogP contribution < -0.4 is 0 Å². The van der Waals surface area contributed by atoms with E-state index in [1.165, 1.54) is 0 Å². The number of pyridine rings is 1. The maximum Gasteiger partial charge on any atom is 0.270 e. The molecule has 3 nitrogen and oxygen atoms in total. The van der Waals surface area contributed by atoms with E-state index in [0.29, 0.717) is 16.0 Å². The second-order valence-electron chi connectivity index (χ2n) is 3.93. The summed E-state index contributed by atoms with van der Waals surface area (Å²) < 4.78 is 10.1. The van der Waals surface area contributed by atoms with Crippen LogP contribution in [0.25, 0.3) is 16.6 Å². The predicted molar refractivity (Wildman–Crippen MR) is 77.0 cm³/mol. The number of hydrogen-bond donors (Lipinski definition) is 0. The standard InChI is InChI=1S/C13H10N2OS2/c1-2-6-15-12(17)11-10(16-13(15)18)8-9-5-3-4-7-14(9)11/h2-5,7-8H,1,6H2. The van der Waals surface area contributed by atoms with E-state index in [4.69, 9.17) is 28.9 Å². The first-order chi connectivity index (χ1) is 8.72. The number of rotatable bonds is 2. The highest BCUT2D eigenvalue weighted by atomic mass is 32.1. The molecule has 0 aliphatic heterocycles. The van der Waals surface area contributed by atoms with E-state index >= 15 is 0 Å². The third-order valence-corrected chi connectivity index (χ3v) is 3.54. The Hall–Kier alpha value is -1.72. The summed E-state index contributed by atoms with van der Waals surface area (Å²) in [6, 6.07) is 7.88. The minimum atomic E-state index is 0.378. The molecule has 5 heteroatoms. The zero-order valence-electron chi connectivity index (χ0n) is 9.50. The topological polar surface area (TPSA) is 22.5 Å². The summed E-state index contributed by atoms with van der Waals surface area (Å²) in [6.45, 7) is 4.26. The Morgan fingerprint density at radius 2 is 2.17 bits per heavy atom. The van der Waals surface area contributed by atoms with E-state index in [9.17, 15) is 0 Å². The molecule has 3 aromatic rings. The van der Waals surface area contributed by atoms with Crippen LogP contribution in [0, 0.1) is 9.48 Å². The van der Waals surface area contributed by atoms with Crippen LogP contribution in [0.2, 0.25) is 0 Å². The highest BCUT2D eigenvalue weighted by molar-refractivity contribution is 7.72. The van der Waals surface area contributed by atoms with Gasteiger partial charge in [0.25, 0.3) is 4.84 Å². The van der Waals surface area contributed by atoms with Gasteiger partial charge in [-0.15, -0.1) is 6.58 Å². The van der Waals surface area contributed by atoms with Crippen molar-refractivity contribution in [2.75, 3.05) is 0 Å². The lowest BCUT2D eigenvalue weighted by Gasteiger charge is -2.04. The first-order valence-corrected chi connectivity index (χ1v) is 6.28. The maximum absolute atomic E-state index is 5.65. The molecule has 90 valence electrons. The van der Waals surface area contributed by atoms with Gasteiger partial charge in [-0.3, -0.25) is 4.57 Å². The fourth-order valence-corrected chi connectivity index (χ4v) is 2.70. The van der Waals surface area contributed by atoms with Gasteiger partial charge in [-0.05, 0) is 24.4 Å². The summed E-state index contributed by atoms with van der Waals surface area (Å²) >= 11 is 10.7. The van der Waals surface area contributed by atoms with Crippen molar-refractivity contribution in [2.24, 2.45) is 0 Å². The van der Waals surface area contributed by atoms with Gasteiger partial charge in [-0.2, -0.15) is 0 Å². The molecule has 0 spiro atoms. The molecule has 0 aliphatic rings. The van der Waals surface area contributed by atoms with Gasteiger partial charge in [0, 0.05) is 24.3 Å². The first kappa shape index (κ1) is 11.4. The molecular weight excluding hydrogens is 264 g/mol. The fraction of sp³-hybridized carbons (Fsp3) is 0.0769. The van der Waals surface area contributed by atoms with Crippen LogP contribution in [0.5, 0.6) is 0 Å². The number of aromatic nitrogens is 2. The van der Waals surface area contributed by atoms with E-state index in [0.717, 1.165) is 16.6 Å². The van der Waals surface area contributed by atoms with E-state index < -0.39 is 0 Å². The van der Waals surface area contributed by atoms with Gasteiger partial charge >= 0.3 is 0 Å². The molecule has 0 bridgehead atoms. The van der Waals surface area contributed by atoms with E-state index in [2.05, 4.69) is 6.58 Å². The van der Waals surface area contributed by atoms with Gasteiger partial charge in [0.2, 0.25) is 0 Å². The van der Waals surface area contributed by atoms with Crippen molar-refractivity contribution in [3.63, 3.8) is 0 Å². The number of hydrogen-bond acceptors (Lipinski definition) is 3. The second-order valence-corrected chi connectivity index (χ2v) is 4.66. The molecule has 3 heterocycles. The minimum absolute atomic E-state index is 0.378. The normalized spacial score (nSPS) is 11.1. The summed E-state index contributed by atoms with van der Waals surface area (Å²) in [6.07, 6.45) is 3.72. The second kappa shape index (κ2) is 4.19. The fourth-order valence-electron chi connectivity index (χ4n) is 2.03. The molecule has 0 amide bonds. The summed E-state index contributed by atoms with van der Waals surface area (Å²) in [5, 5.41) is 0. The lowest BCUT2D eigenvalue weighted by atomic mass is 10.4. The Morgan fingerprint density at radius 1 is 1.33 bits per heavy atom. The monoisotopic (exact) mass is 274 g/mol. The van der Waals surface area contributed by atoms with E-state index in [1.54, 1.807) is 10.6 Å². The van der Waals surface area contributed by atoms with Gasteiger partial charge in [-0.25, -0.2) is 0 Å². The first-order valence-electron chi connectivity index (χ1n) is 5.47. The molecule has 0 aromatic carbocycles. The molecule has 0 atom stereocenters. The van der Waals surface area contributed by atoms with E-state index in [-0.39, 0.29) is 0 Å². The summed E-state index contributed by atoms with van der Waals surface area (Å²) in [5.41, 5.74) is 2.63. The molecule has 3 rings (SSSR count). The Morgan fingerprint density at radius 3 is 2.94 bits per heavy atom. The van der Waals surface area contributed by atoms with Crippen LogP contribution in [-0.4, -0.2) is 8.97 Å². The zero-order chi connectivity index (χ0) is 12.7. The number of nitrogens with zero attached hydrogens (tertiary/aromatic N) is 2. The predicted octanol–water partition coefficient (Wildman–Crippen LogP) is 4.13. The number of fused-ring (bicyclic) bond motifs is 3. The van der Waals surface area contributed by atoms with Crippen LogP contribution >= 0.6 is 24.4 Å². The van der Waals surface area contributed by atoms with Crippen molar-refractivity contribution < 1.29 is 4.42 Å².